The lowest BCUT2D eigenvalue weighted by Gasteiger charge is -2.19. The van der Waals surface area contributed by atoms with Crippen molar-refractivity contribution in [1.82, 2.24) is 0 Å². The summed E-state index contributed by atoms with van der Waals surface area (Å²) in [5.74, 6) is 1.66. The molecule has 2 aliphatic rings. The molecule has 3 rings (SSSR count). The van der Waals surface area contributed by atoms with Crippen molar-refractivity contribution in [1.29, 1.82) is 0 Å². The Balaban J connectivity index is 2.11. The predicted octanol–water partition coefficient (Wildman–Crippen LogP) is 2.75. The van der Waals surface area contributed by atoms with Crippen LogP contribution in [-0.2, 0) is 6.42 Å². The molecule has 0 spiro atoms. The second-order valence-corrected chi connectivity index (χ2v) is 3.58. The molecule has 15 heavy (non-hydrogen) atoms. The van der Waals surface area contributed by atoms with Gasteiger partial charge in [0.15, 0.2) is 18.1 Å². The van der Waals surface area contributed by atoms with E-state index in [0.29, 0.717) is 6.61 Å². The molecule has 0 amide bonds. The monoisotopic (exact) mass is 199 g/mol. The van der Waals surface area contributed by atoms with Gasteiger partial charge in [-0.2, -0.15) is 0 Å². The summed E-state index contributed by atoms with van der Waals surface area (Å²) in [4.78, 5) is 0. The van der Waals surface area contributed by atoms with Crippen molar-refractivity contribution in [3.05, 3.63) is 48.1 Å². The second-order valence-electron chi connectivity index (χ2n) is 3.58. The van der Waals surface area contributed by atoms with Gasteiger partial charge in [-0.15, -0.1) is 0 Å². The maximum absolute atomic E-state index is 5.50. The number of fused-ring (bicyclic) bond motifs is 2. The van der Waals surface area contributed by atoms with E-state index in [9.17, 15) is 0 Å². The fourth-order valence-corrected chi connectivity index (χ4v) is 1.83. The molecule has 0 unspecified atom stereocenters. The fourth-order valence-electron chi connectivity index (χ4n) is 1.83. The third-order valence-electron chi connectivity index (χ3n) is 2.58. The first-order chi connectivity index (χ1) is 7.43. The standard InChI is InChI=1S/C13H11O2/c1-2-4-10-8-12-13(15-7-6-14-12)9-11(10)5-3-1/h1-4,6,8-9H,5,7H2. The van der Waals surface area contributed by atoms with E-state index < -0.39 is 0 Å². The third kappa shape index (κ3) is 1.52. The number of allylic oxidation sites excluding steroid dienone is 3. The topological polar surface area (TPSA) is 18.5 Å². The molecule has 1 aliphatic carbocycles. The molecule has 1 radical (unpaired) electrons. The van der Waals surface area contributed by atoms with Gasteiger partial charge in [0.1, 0.15) is 6.61 Å². The predicted molar refractivity (Wildman–Crippen MR) is 58.7 cm³/mol. The van der Waals surface area contributed by atoms with E-state index >= 15 is 0 Å². The maximum Gasteiger partial charge on any atom is 0.173 e. The van der Waals surface area contributed by atoms with Crippen molar-refractivity contribution in [2.45, 2.75) is 6.42 Å². The van der Waals surface area contributed by atoms with E-state index in [-0.39, 0.29) is 0 Å². The Bertz CT molecular complexity index is 444. The lowest BCUT2D eigenvalue weighted by molar-refractivity contribution is 0.223. The van der Waals surface area contributed by atoms with Crippen LogP contribution in [0.5, 0.6) is 11.5 Å². The van der Waals surface area contributed by atoms with Crippen molar-refractivity contribution < 1.29 is 9.47 Å². The molecule has 2 nitrogen and oxygen atoms in total. The van der Waals surface area contributed by atoms with Crippen molar-refractivity contribution in [3.8, 4) is 11.5 Å². The summed E-state index contributed by atoms with van der Waals surface area (Å²) in [5, 5.41) is 0. The lowest BCUT2D eigenvalue weighted by atomic mass is 10.0. The SMILES string of the molecule is [CH]1COc2cc3c(cc2O1)C=CC=CC3. The van der Waals surface area contributed by atoms with Crippen LogP contribution in [0.3, 0.4) is 0 Å². The summed E-state index contributed by atoms with van der Waals surface area (Å²) in [5.41, 5.74) is 2.49. The van der Waals surface area contributed by atoms with E-state index in [1.807, 2.05) is 12.1 Å². The number of ether oxygens (including phenoxy) is 2. The van der Waals surface area contributed by atoms with Crippen LogP contribution in [-0.4, -0.2) is 6.61 Å². The summed E-state index contributed by atoms with van der Waals surface area (Å²) in [6.45, 7) is 2.20. The minimum atomic E-state index is 0.525. The van der Waals surface area contributed by atoms with Gasteiger partial charge < -0.3 is 9.47 Å². The number of benzene rings is 1. The zero-order chi connectivity index (χ0) is 10.1. The molecule has 0 N–H and O–H groups in total. The van der Waals surface area contributed by atoms with Crippen LogP contribution in [0.4, 0.5) is 0 Å². The lowest BCUT2D eigenvalue weighted by Crippen LogP contribution is -2.10. The molecule has 1 heterocycles. The first kappa shape index (κ1) is 8.60. The van der Waals surface area contributed by atoms with Gasteiger partial charge in [0.25, 0.3) is 0 Å². The van der Waals surface area contributed by atoms with Crippen molar-refractivity contribution in [2.24, 2.45) is 0 Å². The Hall–Kier alpha value is -1.70. The Morgan fingerprint density at radius 2 is 2.07 bits per heavy atom. The fraction of sp³-hybridized carbons (Fsp3) is 0.154. The van der Waals surface area contributed by atoms with Crippen LogP contribution in [0.15, 0.2) is 30.4 Å². The second kappa shape index (κ2) is 3.46. The highest BCUT2D eigenvalue weighted by molar-refractivity contribution is 5.63. The van der Waals surface area contributed by atoms with Crippen molar-refractivity contribution in [2.75, 3.05) is 6.61 Å². The molecule has 75 valence electrons. The van der Waals surface area contributed by atoms with Crippen LogP contribution in [0.25, 0.3) is 6.08 Å². The van der Waals surface area contributed by atoms with Gasteiger partial charge in [-0.05, 0) is 29.7 Å². The normalized spacial score (nSPS) is 17.1. The molecular formula is C13H11O2. The Morgan fingerprint density at radius 1 is 1.07 bits per heavy atom. The van der Waals surface area contributed by atoms with Gasteiger partial charge in [0.2, 0.25) is 0 Å². The molecule has 0 atom stereocenters. The number of hydrogen-bond donors (Lipinski definition) is 0. The highest BCUT2D eigenvalue weighted by Crippen LogP contribution is 2.35. The van der Waals surface area contributed by atoms with Crippen molar-refractivity contribution >= 4 is 6.08 Å². The van der Waals surface area contributed by atoms with E-state index in [0.717, 1.165) is 17.9 Å². The Morgan fingerprint density at radius 3 is 3.07 bits per heavy atom. The molecule has 0 saturated carbocycles. The molecule has 0 saturated heterocycles. The maximum atomic E-state index is 5.50. The molecule has 0 aromatic heterocycles. The van der Waals surface area contributed by atoms with Gasteiger partial charge in [-0.25, -0.2) is 0 Å². The molecule has 2 heteroatoms. The van der Waals surface area contributed by atoms with Crippen LogP contribution in [0, 0.1) is 6.61 Å². The largest absolute Gasteiger partial charge is 0.486 e. The highest BCUT2D eigenvalue weighted by atomic mass is 16.6. The van der Waals surface area contributed by atoms with Gasteiger partial charge in [-0.3, -0.25) is 0 Å². The summed E-state index contributed by atoms with van der Waals surface area (Å²) in [6.07, 6.45) is 9.29. The van der Waals surface area contributed by atoms with E-state index in [4.69, 9.17) is 9.47 Å². The smallest absolute Gasteiger partial charge is 0.173 e. The van der Waals surface area contributed by atoms with Crippen LogP contribution >= 0.6 is 0 Å². The molecule has 0 bridgehead atoms. The first-order valence-corrected chi connectivity index (χ1v) is 5.05. The van der Waals surface area contributed by atoms with Crippen molar-refractivity contribution in [3.63, 3.8) is 0 Å². The summed E-state index contributed by atoms with van der Waals surface area (Å²) in [7, 11) is 0. The molecule has 1 aromatic carbocycles. The van der Waals surface area contributed by atoms with E-state index in [1.54, 1.807) is 6.61 Å². The first-order valence-electron chi connectivity index (χ1n) is 5.05. The van der Waals surface area contributed by atoms with Crippen LogP contribution < -0.4 is 9.47 Å². The highest BCUT2D eigenvalue weighted by Gasteiger charge is 2.14. The van der Waals surface area contributed by atoms with Crippen LogP contribution in [0.1, 0.15) is 11.1 Å². The molecular weight excluding hydrogens is 188 g/mol. The van der Waals surface area contributed by atoms with Gasteiger partial charge >= 0.3 is 0 Å². The minimum Gasteiger partial charge on any atom is -0.486 e. The Kier molecular flexibility index (Phi) is 1.98. The quantitative estimate of drug-likeness (QED) is 0.639. The van der Waals surface area contributed by atoms with Crippen LogP contribution in [0.2, 0.25) is 0 Å². The van der Waals surface area contributed by atoms with Gasteiger partial charge in [-0.1, -0.05) is 24.3 Å². The van der Waals surface area contributed by atoms with Gasteiger partial charge in [0, 0.05) is 0 Å². The number of hydrogen-bond acceptors (Lipinski definition) is 2. The summed E-state index contributed by atoms with van der Waals surface area (Å²) >= 11 is 0. The summed E-state index contributed by atoms with van der Waals surface area (Å²) < 4.78 is 10.9. The molecule has 0 fully saturated rings. The van der Waals surface area contributed by atoms with Gasteiger partial charge in [0.05, 0.1) is 0 Å². The minimum absolute atomic E-state index is 0.525. The summed E-state index contributed by atoms with van der Waals surface area (Å²) in [6, 6.07) is 4.10. The molecule has 1 aromatic rings. The average molecular weight is 199 g/mol. The zero-order valence-corrected chi connectivity index (χ0v) is 8.27. The number of rotatable bonds is 0. The molecule has 1 aliphatic heterocycles. The average Bonchev–Trinajstić information content (AvgIpc) is 2.50. The Labute approximate surface area is 88.8 Å². The van der Waals surface area contributed by atoms with E-state index in [1.165, 1.54) is 11.1 Å². The third-order valence-corrected chi connectivity index (χ3v) is 2.58. The zero-order valence-electron chi connectivity index (χ0n) is 8.27. The van der Waals surface area contributed by atoms with E-state index in [2.05, 4.69) is 24.3 Å².